The quantitative estimate of drug-likeness (QED) is 0.477. The molecule has 0 aromatic heterocycles. The number of nitrogens with two attached hydrogens (primary N) is 2. The molecule has 23 heavy (non-hydrogen) atoms. The first-order valence-corrected chi connectivity index (χ1v) is 7.09. The van der Waals surface area contributed by atoms with Crippen molar-refractivity contribution in [3.63, 3.8) is 0 Å². The first kappa shape index (κ1) is 19.1. The highest BCUT2D eigenvalue weighted by Crippen LogP contribution is 2.28. The van der Waals surface area contributed by atoms with E-state index in [2.05, 4.69) is 10.2 Å². The topological polar surface area (TPSA) is 86.0 Å². The van der Waals surface area contributed by atoms with Gasteiger partial charge in [0.15, 0.2) is 0 Å². The number of nitrogens with zero attached hydrogens (tertiary/aromatic N) is 2. The van der Waals surface area contributed by atoms with Gasteiger partial charge in [-0.25, -0.2) is 0 Å². The predicted molar refractivity (Wildman–Crippen MR) is 97.9 cm³/mol. The molecule has 0 unspecified atom stereocenters. The van der Waals surface area contributed by atoms with Crippen LogP contribution in [0.4, 0.5) is 0 Å². The zero-order chi connectivity index (χ0) is 15.9. The van der Waals surface area contributed by atoms with Crippen LogP contribution < -0.4 is 16.2 Å². The van der Waals surface area contributed by atoms with Gasteiger partial charge in [0.05, 0.1) is 11.2 Å². The SMILES string of the molecule is Cl.NC(N)=NN=Cc1cccc(OCc2cccc(Cl)c2)c1Cl. The molecule has 2 aromatic carbocycles. The third-order valence-electron chi connectivity index (χ3n) is 2.65. The molecule has 0 saturated heterocycles. The summed E-state index contributed by atoms with van der Waals surface area (Å²) in [4.78, 5) is 0. The third-order valence-corrected chi connectivity index (χ3v) is 3.29. The Morgan fingerprint density at radius 1 is 1.13 bits per heavy atom. The minimum atomic E-state index is -0.124. The maximum absolute atomic E-state index is 6.27. The summed E-state index contributed by atoms with van der Waals surface area (Å²) in [5, 5.41) is 8.34. The van der Waals surface area contributed by atoms with Crippen molar-refractivity contribution in [3.8, 4) is 5.75 Å². The van der Waals surface area contributed by atoms with E-state index in [9.17, 15) is 0 Å². The smallest absolute Gasteiger partial charge is 0.211 e. The number of benzene rings is 2. The molecule has 8 heteroatoms. The number of guanidine groups is 1. The lowest BCUT2D eigenvalue weighted by Gasteiger charge is -2.09. The fourth-order valence-corrected chi connectivity index (χ4v) is 2.13. The number of hydrogen-bond donors (Lipinski definition) is 2. The van der Waals surface area contributed by atoms with Crippen molar-refractivity contribution < 1.29 is 4.74 Å². The summed E-state index contributed by atoms with van der Waals surface area (Å²) in [5.74, 6) is 0.413. The molecule has 0 spiro atoms. The second-order valence-electron chi connectivity index (χ2n) is 4.35. The Bertz CT molecular complexity index is 716. The summed E-state index contributed by atoms with van der Waals surface area (Å²) in [6, 6.07) is 12.8. The van der Waals surface area contributed by atoms with E-state index in [0.29, 0.717) is 28.0 Å². The number of hydrogen-bond acceptors (Lipinski definition) is 3. The van der Waals surface area contributed by atoms with Crippen molar-refractivity contribution in [2.24, 2.45) is 21.7 Å². The Morgan fingerprint density at radius 3 is 2.57 bits per heavy atom. The van der Waals surface area contributed by atoms with Crippen LogP contribution in [0.2, 0.25) is 10.0 Å². The van der Waals surface area contributed by atoms with Gasteiger partial charge in [-0.3, -0.25) is 0 Å². The highest BCUT2D eigenvalue weighted by molar-refractivity contribution is 6.34. The maximum atomic E-state index is 6.27. The van der Waals surface area contributed by atoms with Gasteiger partial charge in [-0.15, -0.1) is 17.5 Å². The average molecular weight is 374 g/mol. The second-order valence-corrected chi connectivity index (χ2v) is 5.16. The highest BCUT2D eigenvalue weighted by atomic mass is 35.5. The van der Waals surface area contributed by atoms with Crippen LogP contribution in [0.15, 0.2) is 52.7 Å². The Balaban J connectivity index is 0.00000264. The summed E-state index contributed by atoms with van der Waals surface area (Å²) in [7, 11) is 0. The Hall–Kier alpha value is -1.95. The van der Waals surface area contributed by atoms with Gasteiger partial charge >= 0.3 is 0 Å². The molecule has 2 rings (SSSR count). The summed E-state index contributed by atoms with van der Waals surface area (Å²) in [5.41, 5.74) is 12.0. The molecule has 2 aromatic rings. The standard InChI is InChI=1S/C15H14Cl2N4O.ClH/c16-12-5-1-3-10(7-12)9-22-13-6-2-4-11(14(13)17)8-20-21-15(18)19;/h1-8H,9H2,(H4,18,19,21);1H. The van der Waals surface area contributed by atoms with E-state index in [-0.39, 0.29) is 18.4 Å². The molecule has 0 aliphatic rings. The summed E-state index contributed by atoms with van der Waals surface area (Å²) >= 11 is 12.2. The lowest BCUT2D eigenvalue weighted by atomic mass is 10.2. The maximum Gasteiger partial charge on any atom is 0.211 e. The molecule has 122 valence electrons. The minimum absolute atomic E-state index is 0. The van der Waals surface area contributed by atoms with Gasteiger partial charge in [0.2, 0.25) is 5.96 Å². The monoisotopic (exact) mass is 372 g/mol. The molecule has 5 nitrogen and oxygen atoms in total. The summed E-state index contributed by atoms with van der Waals surface area (Å²) in [6.07, 6.45) is 1.45. The van der Waals surface area contributed by atoms with Crippen molar-refractivity contribution in [1.82, 2.24) is 0 Å². The van der Waals surface area contributed by atoms with Gasteiger partial charge in [0.1, 0.15) is 12.4 Å². The van der Waals surface area contributed by atoms with Crippen LogP contribution in [-0.2, 0) is 6.61 Å². The van der Waals surface area contributed by atoms with E-state index < -0.39 is 0 Å². The molecule has 0 aliphatic carbocycles. The molecule has 0 fully saturated rings. The molecule has 0 aliphatic heterocycles. The zero-order valence-electron chi connectivity index (χ0n) is 11.9. The molecule has 4 N–H and O–H groups in total. The van der Waals surface area contributed by atoms with Crippen LogP contribution in [0.25, 0.3) is 0 Å². The molecular formula is C15H15Cl3N4O. The average Bonchev–Trinajstić information content (AvgIpc) is 2.47. The van der Waals surface area contributed by atoms with E-state index in [1.807, 2.05) is 18.2 Å². The molecule has 0 heterocycles. The van der Waals surface area contributed by atoms with Gasteiger partial charge in [-0.2, -0.15) is 5.10 Å². The molecule has 0 saturated carbocycles. The minimum Gasteiger partial charge on any atom is -0.487 e. The molecule has 0 bridgehead atoms. The Labute approximate surface area is 150 Å². The zero-order valence-corrected chi connectivity index (χ0v) is 14.3. The number of rotatable bonds is 5. The van der Waals surface area contributed by atoms with Crippen LogP contribution >= 0.6 is 35.6 Å². The van der Waals surface area contributed by atoms with E-state index >= 15 is 0 Å². The van der Waals surface area contributed by atoms with E-state index in [1.165, 1.54) is 6.21 Å². The lowest BCUT2D eigenvalue weighted by molar-refractivity contribution is 0.306. The molecule has 0 atom stereocenters. The van der Waals surface area contributed by atoms with Crippen LogP contribution in [0.5, 0.6) is 5.75 Å². The molecule has 0 radical (unpaired) electrons. The van der Waals surface area contributed by atoms with E-state index in [0.717, 1.165) is 5.56 Å². The van der Waals surface area contributed by atoms with E-state index in [4.69, 9.17) is 39.4 Å². The molecule has 0 amide bonds. The van der Waals surface area contributed by atoms with Gasteiger partial charge < -0.3 is 16.2 Å². The van der Waals surface area contributed by atoms with Crippen LogP contribution in [0.3, 0.4) is 0 Å². The predicted octanol–water partition coefficient (Wildman–Crippen LogP) is 3.60. The lowest BCUT2D eigenvalue weighted by Crippen LogP contribution is -2.21. The highest BCUT2D eigenvalue weighted by Gasteiger charge is 2.06. The largest absolute Gasteiger partial charge is 0.487 e. The van der Waals surface area contributed by atoms with E-state index in [1.54, 1.807) is 24.3 Å². The first-order chi connectivity index (χ1) is 10.6. The van der Waals surface area contributed by atoms with Crippen LogP contribution in [0, 0.1) is 0 Å². The molecular weight excluding hydrogens is 359 g/mol. The third kappa shape index (κ3) is 5.98. The van der Waals surface area contributed by atoms with Crippen molar-refractivity contribution in [2.75, 3.05) is 0 Å². The van der Waals surface area contributed by atoms with Crippen LogP contribution in [-0.4, -0.2) is 12.2 Å². The summed E-state index contributed by atoms with van der Waals surface area (Å²) in [6.45, 7) is 0.356. The fourth-order valence-electron chi connectivity index (χ4n) is 1.68. The van der Waals surface area contributed by atoms with Gasteiger partial charge in [-0.1, -0.05) is 47.5 Å². The second kappa shape index (κ2) is 9.25. The van der Waals surface area contributed by atoms with Crippen molar-refractivity contribution in [2.45, 2.75) is 6.61 Å². The van der Waals surface area contributed by atoms with Gasteiger partial charge in [-0.05, 0) is 23.8 Å². The Morgan fingerprint density at radius 2 is 1.87 bits per heavy atom. The van der Waals surface area contributed by atoms with Crippen molar-refractivity contribution in [3.05, 3.63) is 63.6 Å². The normalized spacial score (nSPS) is 10.2. The van der Waals surface area contributed by atoms with Crippen molar-refractivity contribution in [1.29, 1.82) is 0 Å². The van der Waals surface area contributed by atoms with Gasteiger partial charge in [0.25, 0.3) is 0 Å². The van der Waals surface area contributed by atoms with Crippen molar-refractivity contribution >= 4 is 47.8 Å². The first-order valence-electron chi connectivity index (χ1n) is 6.34. The number of ether oxygens (including phenoxy) is 1. The van der Waals surface area contributed by atoms with Gasteiger partial charge in [0, 0.05) is 10.6 Å². The fraction of sp³-hybridized carbons (Fsp3) is 0.0667. The summed E-state index contributed by atoms with van der Waals surface area (Å²) < 4.78 is 5.71. The Kier molecular flexibility index (Phi) is 7.68. The number of halogens is 3. The van der Waals surface area contributed by atoms with Crippen LogP contribution in [0.1, 0.15) is 11.1 Å².